The van der Waals surface area contributed by atoms with E-state index in [2.05, 4.69) is 41.8 Å². The van der Waals surface area contributed by atoms with E-state index >= 15 is 0 Å². The van der Waals surface area contributed by atoms with Gasteiger partial charge in [0.25, 0.3) is 0 Å². The first-order chi connectivity index (χ1) is 9.19. The summed E-state index contributed by atoms with van der Waals surface area (Å²) in [6, 6.07) is 11.9. The first-order valence-corrected chi connectivity index (χ1v) is 7.26. The van der Waals surface area contributed by atoms with Crippen molar-refractivity contribution in [3.63, 3.8) is 0 Å². The number of nitrogens with zero attached hydrogens (tertiary/aromatic N) is 1. The summed E-state index contributed by atoms with van der Waals surface area (Å²) >= 11 is 7.02. The van der Waals surface area contributed by atoms with Crippen molar-refractivity contribution in [3.05, 3.63) is 45.3 Å². The van der Waals surface area contributed by atoms with Crippen LogP contribution < -0.4 is 4.74 Å². The number of benzene rings is 2. The lowest BCUT2D eigenvalue weighted by molar-refractivity contribution is 0.412. The summed E-state index contributed by atoms with van der Waals surface area (Å²) in [5.41, 5.74) is 2.94. The molecule has 3 aromatic rings. The highest BCUT2D eigenvalue weighted by molar-refractivity contribution is 9.11. The topological polar surface area (TPSA) is 37.9 Å². The molecule has 0 atom stereocenters. The van der Waals surface area contributed by atoms with Crippen LogP contribution in [0.5, 0.6) is 5.75 Å². The molecule has 0 aliphatic carbocycles. The number of aromatic nitrogens is 2. The van der Waals surface area contributed by atoms with Crippen LogP contribution in [-0.4, -0.2) is 17.1 Å². The maximum Gasteiger partial charge on any atom is 0.139 e. The van der Waals surface area contributed by atoms with Gasteiger partial charge in [0.15, 0.2) is 0 Å². The van der Waals surface area contributed by atoms with Crippen molar-refractivity contribution in [1.29, 1.82) is 0 Å². The van der Waals surface area contributed by atoms with Gasteiger partial charge in [0, 0.05) is 10.0 Å². The van der Waals surface area contributed by atoms with Gasteiger partial charge < -0.3 is 9.72 Å². The van der Waals surface area contributed by atoms with Crippen LogP contribution in [-0.2, 0) is 0 Å². The summed E-state index contributed by atoms with van der Waals surface area (Å²) in [5, 5.41) is 0. The molecular formula is C14H10Br2N2O. The van der Waals surface area contributed by atoms with E-state index in [4.69, 9.17) is 4.74 Å². The van der Waals surface area contributed by atoms with Crippen LogP contribution in [0.2, 0.25) is 0 Å². The molecule has 0 fully saturated rings. The monoisotopic (exact) mass is 380 g/mol. The van der Waals surface area contributed by atoms with Crippen LogP contribution in [0.15, 0.2) is 45.3 Å². The molecule has 0 bridgehead atoms. The van der Waals surface area contributed by atoms with Crippen LogP contribution in [0.3, 0.4) is 0 Å². The summed E-state index contributed by atoms with van der Waals surface area (Å²) < 4.78 is 7.19. The molecule has 5 heteroatoms. The number of H-pyrrole nitrogens is 1. The quantitative estimate of drug-likeness (QED) is 0.694. The average Bonchev–Trinajstić information content (AvgIpc) is 2.82. The third kappa shape index (κ3) is 2.28. The zero-order chi connectivity index (χ0) is 13.4. The number of hydrogen-bond acceptors (Lipinski definition) is 2. The number of halogens is 2. The molecule has 1 heterocycles. The van der Waals surface area contributed by atoms with Gasteiger partial charge in [0.1, 0.15) is 11.6 Å². The molecule has 0 aliphatic rings. The average molecular weight is 382 g/mol. The fraction of sp³-hybridized carbons (Fsp3) is 0.0714. The predicted octanol–water partition coefficient (Wildman–Crippen LogP) is 4.76. The van der Waals surface area contributed by atoms with Gasteiger partial charge in [-0.25, -0.2) is 4.98 Å². The van der Waals surface area contributed by atoms with Gasteiger partial charge in [-0.2, -0.15) is 0 Å². The maximum absolute atomic E-state index is 5.33. The molecular weight excluding hydrogens is 372 g/mol. The summed E-state index contributed by atoms with van der Waals surface area (Å²) in [6.45, 7) is 0. The second-order valence-electron chi connectivity index (χ2n) is 4.07. The van der Waals surface area contributed by atoms with Crippen molar-refractivity contribution in [1.82, 2.24) is 9.97 Å². The molecule has 1 N–H and O–H groups in total. The number of aromatic amines is 1. The lowest BCUT2D eigenvalue weighted by Crippen LogP contribution is -1.88. The number of para-hydroxylation sites is 2. The number of rotatable bonds is 2. The number of ether oxygens (including phenoxy) is 1. The second kappa shape index (κ2) is 4.98. The van der Waals surface area contributed by atoms with Gasteiger partial charge in [0.05, 0.1) is 22.6 Å². The Morgan fingerprint density at radius 2 is 1.89 bits per heavy atom. The SMILES string of the molecule is COc1cc(-c2nc3ccccc3[nH]2)c(Br)cc1Br. The summed E-state index contributed by atoms with van der Waals surface area (Å²) in [6.07, 6.45) is 0. The lowest BCUT2D eigenvalue weighted by atomic mass is 10.2. The van der Waals surface area contributed by atoms with Crippen molar-refractivity contribution in [2.24, 2.45) is 0 Å². The molecule has 19 heavy (non-hydrogen) atoms. The van der Waals surface area contributed by atoms with Crippen molar-refractivity contribution < 1.29 is 4.74 Å². The van der Waals surface area contributed by atoms with Gasteiger partial charge in [-0.15, -0.1) is 0 Å². The smallest absolute Gasteiger partial charge is 0.139 e. The van der Waals surface area contributed by atoms with Crippen LogP contribution in [0.25, 0.3) is 22.4 Å². The summed E-state index contributed by atoms with van der Waals surface area (Å²) in [4.78, 5) is 7.90. The first-order valence-electron chi connectivity index (χ1n) is 5.67. The number of nitrogens with one attached hydrogen (secondary N) is 1. The highest BCUT2D eigenvalue weighted by atomic mass is 79.9. The van der Waals surface area contributed by atoms with Crippen molar-refractivity contribution in [2.75, 3.05) is 7.11 Å². The minimum atomic E-state index is 0.777. The van der Waals surface area contributed by atoms with E-state index in [0.717, 1.165) is 37.1 Å². The normalized spacial score (nSPS) is 10.9. The molecule has 1 aromatic heterocycles. The van der Waals surface area contributed by atoms with Gasteiger partial charge in [-0.1, -0.05) is 12.1 Å². The molecule has 3 nitrogen and oxygen atoms in total. The fourth-order valence-electron chi connectivity index (χ4n) is 1.95. The molecule has 0 unspecified atom stereocenters. The Morgan fingerprint density at radius 3 is 2.63 bits per heavy atom. The Morgan fingerprint density at radius 1 is 1.11 bits per heavy atom. The maximum atomic E-state index is 5.33. The van der Waals surface area contributed by atoms with Gasteiger partial charge in [-0.05, 0) is 56.1 Å². The molecule has 0 radical (unpaired) electrons. The Hall–Kier alpha value is -1.33. The molecule has 0 spiro atoms. The van der Waals surface area contributed by atoms with E-state index in [0.29, 0.717) is 0 Å². The molecule has 0 saturated heterocycles. The van der Waals surface area contributed by atoms with E-state index in [1.54, 1.807) is 7.11 Å². The Balaban J connectivity index is 2.20. The summed E-state index contributed by atoms with van der Waals surface area (Å²) in [5.74, 6) is 1.59. The standard InChI is InChI=1S/C14H10Br2N2O/c1-19-13-6-8(9(15)7-10(13)16)14-17-11-4-2-3-5-12(11)18-14/h2-7H,1H3,(H,17,18). The number of imidazole rings is 1. The van der Waals surface area contributed by atoms with E-state index < -0.39 is 0 Å². The van der Waals surface area contributed by atoms with E-state index in [9.17, 15) is 0 Å². The first kappa shape index (κ1) is 12.7. The van der Waals surface area contributed by atoms with Gasteiger partial charge in [0.2, 0.25) is 0 Å². The molecule has 0 amide bonds. The minimum absolute atomic E-state index is 0.777. The van der Waals surface area contributed by atoms with E-state index in [-0.39, 0.29) is 0 Å². The van der Waals surface area contributed by atoms with Crippen LogP contribution in [0.4, 0.5) is 0 Å². The highest BCUT2D eigenvalue weighted by Gasteiger charge is 2.12. The number of hydrogen-bond donors (Lipinski definition) is 1. The molecule has 96 valence electrons. The summed E-state index contributed by atoms with van der Waals surface area (Å²) in [7, 11) is 1.65. The van der Waals surface area contributed by atoms with Crippen LogP contribution in [0, 0.1) is 0 Å². The predicted molar refractivity (Wildman–Crippen MR) is 83.5 cm³/mol. The zero-order valence-electron chi connectivity index (χ0n) is 10.1. The van der Waals surface area contributed by atoms with Gasteiger partial charge in [-0.3, -0.25) is 0 Å². The molecule has 3 rings (SSSR count). The third-order valence-corrected chi connectivity index (χ3v) is 4.16. The van der Waals surface area contributed by atoms with Crippen molar-refractivity contribution >= 4 is 42.9 Å². The largest absolute Gasteiger partial charge is 0.496 e. The minimum Gasteiger partial charge on any atom is -0.496 e. The van der Waals surface area contributed by atoms with Crippen LogP contribution in [0.1, 0.15) is 0 Å². The van der Waals surface area contributed by atoms with Crippen molar-refractivity contribution in [2.45, 2.75) is 0 Å². The highest BCUT2D eigenvalue weighted by Crippen LogP contribution is 2.36. The number of methoxy groups -OCH3 is 1. The lowest BCUT2D eigenvalue weighted by Gasteiger charge is -2.07. The molecule has 2 aromatic carbocycles. The Bertz CT molecular complexity index is 719. The van der Waals surface area contributed by atoms with E-state index in [1.807, 2.05) is 36.4 Å². The van der Waals surface area contributed by atoms with E-state index in [1.165, 1.54) is 0 Å². The third-order valence-electron chi connectivity index (χ3n) is 2.89. The second-order valence-corrected chi connectivity index (χ2v) is 5.78. The fourth-order valence-corrected chi connectivity index (χ4v) is 3.29. The molecule has 0 aliphatic heterocycles. The number of fused-ring (bicyclic) bond motifs is 1. The Labute approximate surface area is 127 Å². The Kier molecular flexibility index (Phi) is 3.33. The van der Waals surface area contributed by atoms with Gasteiger partial charge >= 0.3 is 0 Å². The molecule has 0 saturated carbocycles. The van der Waals surface area contributed by atoms with Crippen LogP contribution >= 0.6 is 31.9 Å². The zero-order valence-corrected chi connectivity index (χ0v) is 13.2. The van der Waals surface area contributed by atoms with Crippen molar-refractivity contribution in [3.8, 4) is 17.1 Å².